The van der Waals surface area contributed by atoms with Crippen LogP contribution in [0.5, 0.6) is 0 Å². The van der Waals surface area contributed by atoms with Crippen molar-refractivity contribution in [1.82, 2.24) is 5.32 Å². The fourth-order valence-electron chi connectivity index (χ4n) is 5.05. The van der Waals surface area contributed by atoms with Gasteiger partial charge in [0.25, 0.3) is 0 Å². The highest BCUT2D eigenvalue weighted by Crippen LogP contribution is 2.49. The van der Waals surface area contributed by atoms with E-state index < -0.39 is 18.0 Å². The molecule has 1 fully saturated rings. The topological polar surface area (TPSA) is 136 Å². The van der Waals surface area contributed by atoms with Crippen LogP contribution in [-0.4, -0.2) is 83.4 Å². The quantitative estimate of drug-likeness (QED) is 0.109. The summed E-state index contributed by atoms with van der Waals surface area (Å²) in [7, 11) is 0. The molecular weight excluding hydrogens is 510 g/mol. The van der Waals surface area contributed by atoms with Crippen LogP contribution in [0.1, 0.15) is 52.9 Å². The molecule has 0 heterocycles. The Morgan fingerprint density at radius 3 is 1.82 bits per heavy atom. The molecule has 1 aliphatic carbocycles. The summed E-state index contributed by atoms with van der Waals surface area (Å²) in [6, 6.07) is 0. The van der Waals surface area contributed by atoms with E-state index in [0.29, 0.717) is 25.3 Å². The Bertz CT molecular complexity index is 812. The highest BCUT2D eigenvalue weighted by molar-refractivity contribution is 5.81. The van der Waals surface area contributed by atoms with Crippen LogP contribution in [0.4, 0.5) is 4.79 Å². The zero-order valence-corrected chi connectivity index (χ0v) is 23.6. The van der Waals surface area contributed by atoms with Crippen LogP contribution in [0.3, 0.4) is 0 Å². The summed E-state index contributed by atoms with van der Waals surface area (Å²) < 4.78 is 30.5. The van der Waals surface area contributed by atoms with Gasteiger partial charge in [-0.15, -0.1) is 0 Å². The van der Waals surface area contributed by atoms with Gasteiger partial charge in [0.15, 0.2) is 0 Å². The van der Waals surface area contributed by atoms with Crippen LogP contribution in [0.15, 0.2) is 25.3 Å². The van der Waals surface area contributed by atoms with Gasteiger partial charge in [-0.05, 0) is 42.4 Å². The van der Waals surface area contributed by atoms with Crippen molar-refractivity contribution < 1.29 is 47.6 Å². The molecule has 11 nitrogen and oxygen atoms in total. The van der Waals surface area contributed by atoms with E-state index in [2.05, 4.69) is 39.2 Å². The third-order valence-electron chi connectivity index (χ3n) is 6.17. The molecule has 0 aromatic heterocycles. The largest absolute Gasteiger partial charge is 0.463 e. The summed E-state index contributed by atoms with van der Waals surface area (Å²) >= 11 is 0. The van der Waals surface area contributed by atoms with Crippen LogP contribution in [0.25, 0.3) is 0 Å². The molecule has 1 saturated carbocycles. The van der Waals surface area contributed by atoms with Gasteiger partial charge in [-0.1, -0.05) is 33.9 Å². The monoisotopic (exact) mass is 555 g/mol. The predicted molar refractivity (Wildman–Crippen MR) is 143 cm³/mol. The molecule has 1 aliphatic rings. The van der Waals surface area contributed by atoms with Crippen molar-refractivity contribution in [2.24, 2.45) is 16.7 Å². The van der Waals surface area contributed by atoms with Gasteiger partial charge in [0, 0.05) is 25.1 Å². The van der Waals surface area contributed by atoms with Gasteiger partial charge in [0.05, 0.1) is 26.4 Å². The van der Waals surface area contributed by atoms with Gasteiger partial charge in [0.1, 0.15) is 26.4 Å². The molecule has 1 rings (SSSR count). The molecule has 222 valence electrons. The summed E-state index contributed by atoms with van der Waals surface area (Å²) in [4.78, 5) is 46.2. The Hall–Kier alpha value is -2.92. The van der Waals surface area contributed by atoms with Crippen molar-refractivity contribution in [3.63, 3.8) is 0 Å². The van der Waals surface area contributed by atoms with E-state index in [1.165, 1.54) is 0 Å². The molecule has 2 unspecified atom stereocenters. The van der Waals surface area contributed by atoms with Crippen molar-refractivity contribution in [2.75, 3.05) is 59.4 Å². The lowest BCUT2D eigenvalue weighted by Gasteiger charge is -2.47. The normalized spacial score (nSPS) is 19.8. The van der Waals surface area contributed by atoms with Gasteiger partial charge >= 0.3 is 24.0 Å². The molecule has 0 radical (unpaired) electrons. The summed E-state index contributed by atoms with van der Waals surface area (Å²) in [6.45, 7) is 14.9. The average Bonchev–Trinajstić information content (AvgIpc) is 2.88. The van der Waals surface area contributed by atoms with Crippen molar-refractivity contribution in [3.05, 3.63) is 25.3 Å². The molecular formula is C28H45NO10. The standard InChI is InChI=1S/C28H45NO10/c1-6-23(30)36-14-10-34-12-16-38-25(32)9-8-22-18-27(3,4)20-28(5,19-22)21-29-26(33)39-17-13-35-11-15-37-24(31)7-2/h6-7,22H,1-2,8-21H2,3-5H3,(H,29,33). The van der Waals surface area contributed by atoms with Gasteiger partial charge in [0.2, 0.25) is 0 Å². The Kier molecular flexibility index (Phi) is 16.1. The molecule has 0 spiro atoms. The second-order valence-corrected chi connectivity index (χ2v) is 10.6. The zero-order valence-electron chi connectivity index (χ0n) is 23.6. The van der Waals surface area contributed by atoms with Crippen molar-refractivity contribution >= 4 is 24.0 Å². The SMILES string of the molecule is C=CC(=O)OCCOCCOC(=O)CCC1CC(C)(C)CC(C)(CNC(=O)OCCOCCOC(=O)C=C)C1. The molecule has 39 heavy (non-hydrogen) atoms. The smallest absolute Gasteiger partial charge is 0.407 e. The van der Waals surface area contributed by atoms with E-state index in [1.807, 2.05) is 0 Å². The molecule has 0 aliphatic heterocycles. The van der Waals surface area contributed by atoms with E-state index in [-0.39, 0.29) is 69.7 Å². The molecule has 0 bridgehead atoms. The summed E-state index contributed by atoms with van der Waals surface area (Å²) in [5.74, 6) is -0.972. The van der Waals surface area contributed by atoms with E-state index in [4.69, 9.17) is 28.4 Å². The number of alkyl carbamates (subject to hydrolysis) is 1. The number of hydrogen-bond donors (Lipinski definition) is 1. The van der Waals surface area contributed by atoms with Crippen molar-refractivity contribution in [2.45, 2.75) is 52.9 Å². The van der Waals surface area contributed by atoms with E-state index in [0.717, 1.165) is 31.4 Å². The summed E-state index contributed by atoms with van der Waals surface area (Å²) in [5, 5.41) is 2.86. The minimum Gasteiger partial charge on any atom is -0.463 e. The fraction of sp³-hybridized carbons (Fsp3) is 0.714. The summed E-state index contributed by atoms with van der Waals surface area (Å²) in [6.07, 6.45) is 5.48. The Labute approximate surface area is 231 Å². The first-order valence-electron chi connectivity index (χ1n) is 13.3. The van der Waals surface area contributed by atoms with Crippen LogP contribution in [-0.2, 0) is 42.8 Å². The van der Waals surface area contributed by atoms with Crippen molar-refractivity contribution in [1.29, 1.82) is 0 Å². The first-order chi connectivity index (χ1) is 18.5. The molecule has 11 heteroatoms. The Balaban J connectivity index is 2.27. The first kappa shape index (κ1) is 34.1. The van der Waals surface area contributed by atoms with Gasteiger partial charge < -0.3 is 33.7 Å². The maximum atomic E-state index is 12.2. The van der Waals surface area contributed by atoms with Crippen LogP contribution < -0.4 is 5.32 Å². The molecule has 1 amide bonds. The lowest BCUT2D eigenvalue weighted by Crippen LogP contribution is -2.44. The average molecular weight is 556 g/mol. The maximum absolute atomic E-state index is 12.2. The van der Waals surface area contributed by atoms with E-state index in [1.54, 1.807) is 0 Å². The van der Waals surface area contributed by atoms with Crippen molar-refractivity contribution in [3.8, 4) is 0 Å². The second-order valence-electron chi connectivity index (χ2n) is 10.6. The lowest BCUT2D eigenvalue weighted by atomic mass is 9.60. The maximum Gasteiger partial charge on any atom is 0.407 e. The third-order valence-corrected chi connectivity index (χ3v) is 6.17. The van der Waals surface area contributed by atoms with Crippen LogP contribution >= 0.6 is 0 Å². The number of rotatable bonds is 19. The highest BCUT2D eigenvalue weighted by Gasteiger charge is 2.41. The Morgan fingerprint density at radius 2 is 1.28 bits per heavy atom. The van der Waals surface area contributed by atoms with Crippen LogP contribution in [0, 0.1) is 16.7 Å². The van der Waals surface area contributed by atoms with E-state index >= 15 is 0 Å². The van der Waals surface area contributed by atoms with E-state index in [9.17, 15) is 19.2 Å². The summed E-state index contributed by atoms with van der Waals surface area (Å²) in [5.41, 5.74) is -0.0668. The van der Waals surface area contributed by atoms with Crippen LogP contribution in [0.2, 0.25) is 0 Å². The zero-order chi connectivity index (χ0) is 29.2. The number of esters is 3. The molecule has 0 saturated heterocycles. The number of ether oxygens (including phenoxy) is 6. The molecule has 0 aromatic carbocycles. The highest BCUT2D eigenvalue weighted by atomic mass is 16.6. The molecule has 1 N–H and O–H groups in total. The third kappa shape index (κ3) is 16.6. The van der Waals surface area contributed by atoms with Gasteiger partial charge in [-0.3, -0.25) is 4.79 Å². The Morgan fingerprint density at radius 1 is 0.769 bits per heavy atom. The number of carbonyl (C=O) groups excluding carboxylic acids is 4. The first-order valence-corrected chi connectivity index (χ1v) is 13.3. The lowest BCUT2D eigenvalue weighted by molar-refractivity contribution is -0.146. The van der Waals surface area contributed by atoms with Gasteiger partial charge in [-0.2, -0.15) is 0 Å². The molecule has 0 aromatic rings. The minimum absolute atomic E-state index is 0.0684. The predicted octanol–water partition coefficient (Wildman–Crippen LogP) is 3.36. The minimum atomic E-state index is -0.514. The fourth-order valence-corrected chi connectivity index (χ4v) is 5.05. The second kappa shape index (κ2) is 18.4. The van der Waals surface area contributed by atoms with Gasteiger partial charge in [-0.25, -0.2) is 14.4 Å². The molecule has 2 atom stereocenters. The number of carbonyl (C=O) groups is 4. The number of nitrogens with one attached hydrogen (secondary N) is 1. The number of amides is 1. The number of hydrogen-bond acceptors (Lipinski definition) is 10.